The maximum absolute atomic E-state index is 11.6. The first kappa shape index (κ1) is 14.3. The molecule has 1 aliphatic carbocycles. The van der Waals surface area contributed by atoms with Crippen LogP contribution in [0.5, 0.6) is 0 Å². The predicted molar refractivity (Wildman–Crippen MR) is 68.2 cm³/mol. The van der Waals surface area contributed by atoms with Crippen molar-refractivity contribution in [2.75, 3.05) is 18.2 Å². The number of sulfonamides is 1. The van der Waals surface area contributed by atoms with Crippen molar-refractivity contribution in [3.05, 3.63) is 0 Å². The summed E-state index contributed by atoms with van der Waals surface area (Å²) in [6, 6.07) is 0. The van der Waals surface area contributed by atoms with Gasteiger partial charge in [-0.15, -0.1) is 11.6 Å². The minimum atomic E-state index is -3.09. The van der Waals surface area contributed by atoms with Gasteiger partial charge < -0.3 is 0 Å². The third kappa shape index (κ3) is 4.60. The van der Waals surface area contributed by atoms with Crippen molar-refractivity contribution < 1.29 is 8.42 Å². The largest absolute Gasteiger partial charge is 0.215 e. The molecule has 0 aromatic carbocycles. The fourth-order valence-electron chi connectivity index (χ4n) is 2.32. The van der Waals surface area contributed by atoms with Crippen molar-refractivity contribution in [1.29, 1.82) is 0 Å². The third-order valence-electron chi connectivity index (χ3n) is 3.13. The fraction of sp³-hybridized carbons (Fsp3) is 1.00. The van der Waals surface area contributed by atoms with Gasteiger partial charge in [-0.3, -0.25) is 0 Å². The van der Waals surface area contributed by atoms with Gasteiger partial charge in [0.05, 0.1) is 5.75 Å². The highest BCUT2D eigenvalue weighted by Gasteiger charge is 2.27. The Balaban J connectivity index is 2.39. The molecule has 5 heteroatoms. The Kier molecular flexibility index (Phi) is 5.54. The average molecular weight is 268 g/mol. The van der Waals surface area contributed by atoms with E-state index in [1.54, 1.807) is 0 Å². The number of alkyl halides is 1. The van der Waals surface area contributed by atoms with Gasteiger partial charge in [-0.25, -0.2) is 13.1 Å². The molecule has 0 aromatic rings. The first-order valence-corrected chi connectivity index (χ1v) is 8.16. The molecule has 0 bridgehead atoms. The highest BCUT2D eigenvalue weighted by molar-refractivity contribution is 7.89. The van der Waals surface area contributed by atoms with Gasteiger partial charge >= 0.3 is 0 Å². The van der Waals surface area contributed by atoms with Gasteiger partial charge in [0.1, 0.15) is 0 Å². The molecule has 0 aliphatic heterocycles. The van der Waals surface area contributed by atoms with Crippen LogP contribution in [0, 0.1) is 17.8 Å². The highest BCUT2D eigenvalue weighted by atomic mass is 35.5. The lowest BCUT2D eigenvalue weighted by molar-refractivity contribution is 0.418. The fourth-order valence-corrected chi connectivity index (χ4v) is 4.19. The lowest BCUT2D eigenvalue weighted by atomic mass is 9.98. The SMILES string of the molecule is CC(C)CS(=O)(=O)NCC1CCCC1CCl. The van der Waals surface area contributed by atoms with Crippen molar-refractivity contribution in [3.63, 3.8) is 0 Å². The zero-order valence-electron chi connectivity index (χ0n) is 10.1. The number of hydrogen-bond donors (Lipinski definition) is 1. The lowest BCUT2D eigenvalue weighted by Gasteiger charge is -2.18. The maximum atomic E-state index is 11.6. The summed E-state index contributed by atoms with van der Waals surface area (Å²) in [7, 11) is -3.09. The number of rotatable bonds is 6. The van der Waals surface area contributed by atoms with Crippen LogP contribution in [0.15, 0.2) is 0 Å². The molecular formula is C11H22ClNO2S. The van der Waals surface area contributed by atoms with Crippen LogP contribution in [-0.4, -0.2) is 26.6 Å². The molecule has 0 radical (unpaired) electrons. The van der Waals surface area contributed by atoms with Gasteiger partial charge in [0, 0.05) is 12.4 Å². The molecule has 1 rings (SSSR count). The molecule has 1 fully saturated rings. The molecular weight excluding hydrogens is 246 g/mol. The monoisotopic (exact) mass is 267 g/mol. The quantitative estimate of drug-likeness (QED) is 0.750. The van der Waals surface area contributed by atoms with Crippen LogP contribution in [0.2, 0.25) is 0 Å². The van der Waals surface area contributed by atoms with Gasteiger partial charge in [0.2, 0.25) is 10.0 Å². The number of nitrogens with one attached hydrogen (secondary N) is 1. The Morgan fingerprint density at radius 2 is 1.94 bits per heavy atom. The van der Waals surface area contributed by atoms with Crippen molar-refractivity contribution in [2.24, 2.45) is 17.8 Å². The summed E-state index contributed by atoms with van der Waals surface area (Å²) < 4.78 is 26.0. The molecule has 0 aromatic heterocycles. The van der Waals surface area contributed by atoms with Crippen LogP contribution in [-0.2, 0) is 10.0 Å². The number of hydrogen-bond acceptors (Lipinski definition) is 2. The summed E-state index contributed by atoms with van der Waals surface area (Å²) in [6.07, 6.45) is 3.41. The first-order chi connectivity index (χ1) is 7.44. The van der Waals surface area contributed by atoms with Crippen molar-refractivity contribution in [3.8, 4) is 0 Å². The molecule has 0 heterocycles. The molecule has 1 N–H and O–H groups in total. The van der Waals surface area contributed by atoms with Crippen LogP contribution in [0.1, 0.15) is 33.1 Å². The van der Waals surface area contributed by atoms with E-state index in [-0.39, 0.29) is 11.7 Å². The van der Waals surface area contributed by atoms with E-state index >= 15 is 0 Å². The van der Waals surface area contributed by atoms with Gasteiger partial charge in [-0.2, -0.15) is 0 Å². The topological polar surface area (TPSA) is 46.2 Å². The number of halogens is 1. The van der Waals surface area contributed by atoms with Crippen LogP contribution in [0.25, 0.3) is 0 Å². The Morgan fingerprint density at radius 3 is 2.50 bits per heavy atom. The third-order valence-corrected chi connectivity index (χ3v) is 5.24. The summed E-state index contributed by atoms with van der Waals surface area (Å²) in [4.78, 5) is 0. The Labute approximate surface area is 104 Å². The van der Waals surface area contributed by atoms with Crippen molar-refractivity contribution in [2.45, 2.75) is 33.1 Å². The molecule has 16 heavy (non-hydrogen) atoms. The lowest BCUT2D eigenvalue weighted by Crippen LogP contribution is -2.34. The maximum Gasteiger partial charge on any atom is 0.211 e. The predicted octanol–water partition coefficient (Wildman–Crippen LogP) is 2.22. The minimum Gasteiger partial charge on any atom is -0.215 e. The van der Waals surface area contributed by atoms with E-state index in [1.165, 1.54) is 6.42 Å². The molecule has 2 unspecified atom stereocenters. The Morgan fingerprint density at radius 1 is 1.31 bits per heavy atom. The zero-order valence-corrected chi connectivity index (χ0v) is 11.6. The van der Waals surface area contributed by atoms with E-state index in [0.717, 1.165) is 12.8 Å². The van der Waals surface area contributed by atoms with Crippen LogP contribution in [0.4, 0.5) is 0 Å². The van der Waals surface area contributed by atoms with Crippen molar-refractivity contribution >= 4 is 21.6 Å². The van der Waals surface area contributed by atoms with E-state index in [1.807, 2.05) is 13.8 Å². The summed E-state index contributed by atoms with van der Waals surface area (Å²) in [5, 5.41) is 0. The highest BCUT2D eigenvalue weighted by Crippen LogP contribution is 2.32. The second-order valence-corrected chi connectivity index (χ2v) is 7.29. The zero-order chi connectivity index (χ0) is 12.2. The molecule has 0 spiro atoms. The Hall–Kier alpha value is 0.200. The smallest absolute Gasteiger partial charge is 0.211 e. The molecule has 1 aliphatic rings. The summed E-state index contributed by atoms with van der Waals surface area (Å²) >= 11 is 5.86. The molecule has 0 amide bonds. The summed E-state index contributed by atoms with van der Waals surface area (Å²) in [6.45, 7) is 4.39. The second kappa shape index (κ2) is 6.22. The van der Waals surface area contributed by atoms with E-state index in [9.17, 15) is 8.42 Å². The van der Waals surface area contributed by atoms with Crippen LogP contribution < -0.4 is 4.72 Å². The molecule has 1 saturated carbocycles. The standard InChI is InChI=1S/C11H22ClNO2S/c1-9(2)8-16(14,15)13-7-11-5-3-4-10(11)6-12/h9-11,13H,3-8H2,1-2H3. The normalized spacial score (nSPS) is 26.5. The average Bonchev–Trinajstić information content (AvgIpc) is 2.59. The molecule has 2 atom stereocenters. The van der Waals surface area contributed by atoms with Gasteiger partial charge in [-0.1, -0.05) is 20.3 Å². The van der Waals surface area contributed by atoms with E-state index in [2.05, 4.69) is 4.72 Å². The molecule has 96 valence electrons. The minimum absolute atomic E-state index is 0.171. The summed E-state index contributed by atoms with van der Waals surface area (Å²) in [5.41, 5.74) is 0. The Bertz CT molecular complexity index is 303. The van der Waals surface area contributed by atoms with E-state index in [4.69, 9.17) is 11.6 Å². The molecule has 0 saturated heterocycles. The summed E-state index contributed by atoms with van der Waals surface area (Å²) in [5.74, 6) is 1.95. The second-order valence-electron chi connectivity index (χ2n) is 5.13. The van der Waals surface area contributed by atoms with Gasteiger partial charge in [0.25, 0.3) is 0 Å². The van der Waals surface area contributed by atoms with E-state index in [0.29, 0.717) is 24.3 Å². The van der Waals surface area contributed by atoms with Crippen LogP contribution >= 0.6 is 11.6 Å². The first-order valence-electron chi connectivity index (χ1n) is 5.98. The van der Waals surface area contributed by atoms with Crippen LogP contribution in [0.3, 0.4) is 0 Å². The van der Waals surface area contributed by atoms with E-state index < -0.39 is 10.0 Å². The van der Waals surface area contributed by atoms with Gasteiger partial charge in [0.15, 0.2) is 0 Å². The van der Waals surface area contributed by atoms with Gasteiger partial charge in [-0.05, 0) is 30.6 Å². The molecule has 3 nitrogen and oxygen atoms in total. The van der Waals surface area contributed by atoms with Crippen molar-refractivity contribution in [1.82, 2.24) is 4.72 Å².